The lowest BCUT2D eigenvalue weighted by molar-refractivity contribution is -0.701. The van der Waals surface area contributed by atoms with Gasteiger partial charge in [-0.2, -0.15) is 0 Å². The van der Waals surface area contributed by atoms with Crippen molar-refractivity contribution in [1.82, 2.24) is 0 Å². The molecule has 0 bridgehead atoms. The molecule has 0 spiro atoms. The van der Waals surface area contributed by atoms with E-state index in [9.17, 15) is 0 Å². The lowest BCUT2D eigenvalue weighted by Gasteiger charge is -2.02. The van der Waals surface area contributed by atoms with Crippen LogP contribution in [0.3, 0.4) is 0 Å². The molecule has 4 heteroatoms. The van der Waals surface area contributed by atoms with Crippen LogP contribution in [0.1, 0.15) is 33.1 Å². The van der Waals surface area contributed by atoms with Crippen LogP contribution in [0.4, 0.5) is 0 Å². The second-order valence-corrected chi connectivity index (χ2v) is 8.54. The molecule has 168 valence electrons. The summed E-state index contributed by atoms with van der Waals surface area (Å²) in [6, 6.07) is 17.6. The van der Waals surface area contributed by atoms with Crippen LogP contribution in [-0.2, 0) is 26.2 Å². The Morgan fingerprint density at radius 2 is 0.667 bits per heavy atom. The smallest absolute Gasteiger partial charge is 0.169 e. The summed E-state index contributed by atoms with van der Waals surface area (Å²) in [6.45, 7) is 8.47. The molecule has 4 nitrogen and oxygen atoms in total. The third-order valence-electron chi connectivity index (χ3n) is 6.29. The predicted molar refractivity (Wildman–Crippen MR) is 130 cm³/mol. The van der Waals surface area contributed by atoms with Gasteiger partial charge in [-0.25, -0.2) is 18.3 Å². The molecular formula is C29H36N4+4. The molecule has 4 heterocycles. The van der Waals surface area contributed by atoms with Gasteiger partial charge in [0.15, 0.2) is 49.6 Å². The number of hydrogen-bond donors (Lipinski definition) is 0. The Morgan fingerprint density at radius 3 is 0.939 bits per heavy atom. The van der Waals surface area contributed by atoms with Crippen LogP contribution < -0.4 is 18.3 Å². The molecule has 0 amide bonds. The van der Waals surface area contributed by atoms with Gasteiger partial charge in [0.1, 0.15) is 26.2 Å². The van der Waals surface area contributed by atoms with E-state index in [1.165, 1.54) is 41.5 Å². The molecule has 0 atom stereocenters. The molecule has 0 aliphatic heterocycles. The normalized spacial score (nSPS) is 11.0. The van der Waals surface area contributed by atoms with Crippen LogP contribution in [0.25, 0.3) is 22.3 Å². The largest absolute Gasteiger partial charge is 0.205 e. The van der Waals surface area contributed by atoms with Crippen molar-refractivity contribution < 1.29 is 18.3 Å². The first-order valence-electron chi connectivity index (χ1n) is 12.2. The Hall–Kier alpha value is -3.40. The quantitative estimate of drug-likeness (QED) is 0.261. The molecule has 0 radical (unpaired) electrons. The van der Waals surface area contributed by atoms with Gasteiger partial charge in [-0.1, -0.05) is 0 Å². The van der Waals surface area contributed by atoms with Gasteiger partial charge in [0.2, 0.25) is 0 Å². The molecule has 0 aliphatic rings. The van der Waals surface area contributed by atoms with E-state index in [1.54, 1.807) is 0 Å². The van der Waals surface area contributed by atoms with Gasteiger partial charge in [0.05, 0.1) is 0 Å². The van der Waals surface area contributed by atoms with Crippen LogP contribution in [0.2, 0.25) is 0 Å². The minimum atomic E-state index is 1.01. The van der Waals surface area contributed by atoms with E-state index in [0.717, 1.165) is 26.2 Å². The summed E-state index contributed by atoms with van der Waals surface area (Å²) in [5.41, 5.74) is 5.09. The van der Waals surface area contributed by atoms with Crippen LogP contribution in [0.5, 0.6) is 0 Å². The summed E-state index contributed by atoms with van der Waals surface area (Å²) in [7, 11) is 0. The molecule has 0 N–H and O–H groups in total. The van der Waals surface area contributed by atoms with Gasteiger partial charge < -0.3 is 0 Å². The SMILES string of the molecule is CC[n+]1ccc(-c2cc[n+](CCCCC[n+]3ccc(-c4cc[n+](CC)cc4)cc3)cc2)cc1. The highest BCUT2D eigenvalue weighted by molar-refractivity contribution is 5.61. The predicted octanol–water partition coefficient (Wildman–Crippen LogP) is 4.08. The minimum absolute atomic E-state index is 1.01. The third-order valence-corrected chi connectivity index (χ3v) is 6.29. The van der Waals surface area contributed by atoms with Crippen molar-refractivity contribution in [3.05, 3.63) is 98.1 Å². The van der Waals surface area contributed by atoms with Crippen LogP contribution >= 0.6 is 0 Å². The number of rotatable bonds is 10. The molecule has 0 unspecified atom stereocenters. The van der Waals surface area contributed by atoms with Gasteiger partial charge in [-0.15, -0.1) is 0 Å². The second-order valence-electron chi connectivity index (χ2n) is 8.54. The number of aromatic nitrogens is 4. The topological polar surface area (TPSA) is 15.5 Å². The summed E-state index contributed by atoms with van der Waals surface area (Å²) < 4.78 is 8.96. The van der Waals surface area contributed by atoms with Crippen LogP contribution in [0.15, 0.2) is 98.1 Å². The van der Waals surface area contributed by atoms with Crippen molar-refractivity contribution in [3.8, 4) is 22.3 Å². The Bertz CT molecular complexity index is 1020. The summed E-state index contributed by atoms with van der Waals surface area (Å²) in [5, 5.41) is 0. The number of hydrogen-bond acceptors (Lipinski definition) is 0. The summed E-state index contributed by atoms with van der Waals surface area (Å²) in [6.07, 6.45) is 21.0. The fraction of sp³-hybridized carbons (Fsp3) is 0.310. The van der Waals surface area contributed by atoms with E-state index in [4.69, 9.17) is 0 Å². The Kier molecular flexibility index (Phi) is 7.91. The monoisotopic (exact) mass is 440 g/mol. The zero-order valence-electron chi connectivity index (χ0n) is 20.0. The van der Waals surface area contributed by atoms with Gasteiger partial charge in [-0.3, -0.25) is 0 Å². The highest BCUT2D eigenvalue weighted by Gasteiger charge is 2.07. The molecule has 0 fully saturated rings. The molecule has 0 saturated carbocycles. The third kappa shape index (κ3) is 6.32. The van der Waals surface area contributed by atoms with E-state index < -0.39 is 0 Å². The maximum absolute atomic E-state index is 2.29. The Labute approximate surface area is 198 Å². The Balaban J connectivity index is 1.20. The average molecular weight is 441 g/mol. The average Bonchev–Trinajstić information content (AvgIpc) is 2.89. The summed E-state index contributed by atoms with van der Waals surface area (Å²) >= 11 is 0. The van der Waals surface area contributed by atoms with Gasteiger partial charge in [0, 0.05) is 61.4 Å². The molecule has 33 heavy (non-hydrogen) atoms. The molecule has 4 aromatic heterocycles. The van der Waals surface area contributed by atoms with Gasteiger partial charge >= 0.3 is 0 Å². The molecule has 0 saturated heterocycles. The van der Waals surface area contributed by atoms with Gasteiger partial charge in [0.25, 0.3) is 0 Å². The van der Waals surface area contributed by atoms with Crippen molar-refractivity contribution in [2.24, 2.45) is 0 Å². The lowest BCUT2D eigenvalue weighted by Crippen LogP contribution is -2.34. The highest BCUT2D eigenvalue weighted by Crippen LogP contribution is 2.16. The van der Waals surface area contributed by atoms with E-state index in [1.807, 2.05) is 0 Å². The van der Waals surface area contributed by atoms with E-state index in [0.29, 0.717) is 0 Å². The molecular weight excluding hydrogens is 404 g/mol. The van der Waals surface area contributed by atoms with E-state index >= 15 is 0 Å². The summed E-state index contributed by atoms with van der Waals surface area (Å²) in [4.78, 5) is 0. The standard InChI is InChI=1S/C29H36N4/c1-3-30-18-8-26(9-19-30)28-12-22-32(23-13-28)16-6-5-7-17-33-24-14-29(15-25-33)27-10-20-31(4-2)21-11-27/h8-15,18-25H,3-7,16-17H2,1-2H3/q+4. The van der Waals surface area contributed by atoms with E-state index in [2.05, 4.69) is 130 Å². The molecule has 4 aromatic rings. The number of unbranched alkanes of at least 4 members (excludes halogenated alkanes) is 2. The number of aryl methyl sites for hydroxylation is 4. The second kappa shape index (κ2) is 11.5. The van der Waals surface area contributed by atoms with Gasteiger partial charge in [-0.05, 0) is 42.5 Å². The maximum atomic E-state index is 2.29. The molecule has 0 aliphatic carbocycles. The van der Waals surface area contributed by atoms with Crippen molar-refractivity contribution in [1.29, 1.82) is 0 Å². The first-order chi connectivity index (χ1) is 16.2. The Morgan fingerprint density at radius 1 is 0.394 bits per heavy atom. The van der Waals surface area contributed by atoms with Crippen LogP contribution in [0, 0.1) is 0 Å². The number of nitrogens with zero attached hydrogens (tertiary/aromatic N) is 4. The zero-order chi connectivity index (χ0) is 22.9. The highest BCUT2D eigenvalue weighted by atomic mass is 14.9. The van der Waals surface area contributed by atoms with Crippen molar-refractivity contribution >= 4 is 0 Å². The maximum Gasteiger partial charge on any atom is 0.169 e. The molecule has 0 aromatic carbocycles. The first kappa shape index (κ1) is 22.8. The van der Waals surface area contributed by atoms with E-state index in [-0.39, 0.29) is 0 Å². The lowest BCUT2D eigenvalue weighted by atomic mass is 10.1. The summed E-state index contributed by atoms with van der Waals surface area (Å²) in [5.74, 6) is 0. The fourth-order valence-electron chi connectivity index (χ4n) is 4.08. The fourth-order valence-corrected chi connectivity index (χ4v) is 4.08. The van der Waals surface area contributed by atoms with Crippen molar-refractivity contribution in [3.63, 3.8) is 0 Å². The zero-order valence-corrected chi connectivity index (χ0v) is 20.0. The molecule has 4 rings (SSSR count). The van der Waals surface area contributed by atoms with Crippen molar-refractivity contribution in [2.75, 3.05) is 0 Å². The van der Waals surface area contributed by atoms with Crippen molar-refractivity contribution in [2.45, 2.75) is 59.3 Å². The number of pyridine rings is 4. The minimum Gasteiger partial charge on any atom is -0.205 e. The first-order valence-corrected chi connectivity index (χ1v) is 12.2. The van der Waals surface area contributed by atoms with Crippen LogP contribution in [-0.4, -0.2) is 0 Å².